The Morgan fingerprint density at radius 2 is 1.90 bits per heavy atom. The van der Waals surface area contributed by atoms with Crippen LogP contribution in [-0.2, 0) is 4.79 Å². The first kappa shape index (κ1) is 14.7. The molecule has 0 bridgehead atoms. The lowest BCUT2D eigenvalue weighted by Gasteiger charge is -2.12. The lowest BCUT2D eigenvalue weighted by atomic mass is 10.2. The van der Waals surface area contributed by atoms with E-state index in [1.165, 1.54) is 0 Å². The summed E-state index contributed by atoms with van der Waals surface area (Å²) in [4.78, 5) is 11.4. The lowest BCUT2D eigenvalue weighted by molar-refractivity contribution is -0.113. The van der Waals surface area contributed by atoms with Crippen LogP contribution in [0.15, 0.2) is 42.5 Å². The molecule has 2 rings (SSSR count). The number of alkyl halides is 1. The maximum atomic E-state index is 11.4. The van der Waals surface area contributed by atoms with Crippen molar-refractivity contribution in [2.24, 2.45) is 0 Å². The quantitative estimate of drug-likeness (QED) is 0.837. The minimum absolute atomic E-state index is 0.128. The van der Waals surface area contributed by atoms with Crippen LogP contribution in [0.4, 0.5) is 5.69 Å². The van der Waals surface area contributed by atoms with E-state index < -0.39 is 0 Å². The fourth-order valence-electron chi connectivity index (χ4n) is 1.61. The third-order valence-corrected chi connectivity index (χ3v) is 3.06. The molecule has 0 saturated heterocycles. The summed E-state index contributed by atoms with van der Waals surface area (Å²) in [6, 6.07) is 12.6. The molecule has 5 heteroatoms. The number of amides is 1. The molecule has 1 N–H and O–H groups in total. The summed E-state index contributed by atoms with van der Waals surface area (Å²) < 4.78 is 5.75. The highest BCUT2D eigenvalue weighted by molar-refractivity contribution is 6.31. The van der Waals surface area contributed by atoms with Crippen molar-refractivity contribution in [1.82, 2.24) is 0 Å². The summed E-state index contributed by atoms with van der Waals surface area (Å²) >= 11 is 11.4. The first-order chi connectivity index (χ1) is 9.58. The van der Waals surface area contributed by atoms with Crippen molar-refractivity contribution >= 4 is 34.8 Å². The molecule has 2 aromatic carbocycles. The molecule has 0 aliphatic heterocycles. The molecule has 0 spiro atoms. The van der Waals surface area contributed by atoms with E-state index >= 15 is 0 Å². The summed E-state index contributed by atoms with van der Waals surface area (Å²) in [5.41, 5.74) is 1.63. The van der Waals surface area contributed by atoms with Crippen molar-refractivity contribution in [3.63, 3.8) is 0 Å². The van der Waals surface area contributed by atoms with Gasteiger partial charge in [-0.05, 0) is 37.3 Å². The lowest BCUT2D eigenvalue weighted by Crippen LogP contribution is -2.13. The highest BCUT2D eigenvalue weighted by Gasteiger charge is 2.09. The smallest absolute Gasteiger partial charge is 0.239 e. The highest BCUT2D eigenvalue weighted by atomic mass is 35.5. The van der Waals surface area contributed by atoms with E-state index in [0.717, 1.165) is 5.56 Å². The zero-order valence-electron chi connectivity index (χ0n) is 10.8. The third-order valence-electron chi connectivity index (χ3n) is 2.59. The number of hydrogen-bond acceptors (Lipinski definition) is 2. The van der Waals surface area contributed by atoms with E-state index in [2.05, 4.69) is 5.32 Å². The van der Waals surface area contributed by atoms with Crippen LogP contribution in [0, 0.1) is 6.92 Å². The average molecular weight is 310 g/mol. The van der Waals surface area contributed by atoms with Gasteiger partial charge in [0.1, 0.15) is 11.6 Å². The van der Waals surface area contributed by atoms with Gasteiger partial charge >= 0.3 is 0 Å². The van der Waals surface area contributed by atoms with Gasteiger partial charge in [0, 0.05) is 5.02 Å². The van der Waals surface area contributed by atoms with Gasteiger partial charge in [0.05, 0.1) is 5.69 Å². The minimum Gasteiger partial charge on any atom is -0.455 e. The Balaban J connectivity index is 2.26. The van der Waals surface area contributed by atoms with Gasteiger partial charge in [0.2, 0.25) is 5.91 Å². The predicted octanol–water partition coefficient (Wildman–Crippen LogP) is 4.62. The topological polar surface area (TPSA) is 38.3 Å². The average Bonchev–Trinajstić information content (AvgIpc) is 2.44. The molecular formula is C15H13Cl2NO2. The zero-order chi connectivity index (χ0) is 14.5. The molecule has 3 nitrogen and oxygen atoms in total. The number of ether oxygens (including phenoxy) is 1. The second-order valence-corrected chi connectivity index (χ2v) is 4.94. The van der Waals surface area contributed by atoms with Crippen molar-refractivity contribution in [2.75, 3.05) is 11.2 Å². The molecule has 0 radical (unpaired) electrons. The molecule has 0 fully saturated rings. The van der Waals surface area contributed by atoms with Crippen molar-refractivity contribution in [3.8, 4) is 11.5 Å². The normalized spacial score (nSPS) is 10.2. The Labute approximate surface area is 127 Å². The molecule has 0 atom stereocenters. The summed E-state index contributed by atoms with van der Waals surface area (Å²) in [5, 5.41) is 3.16. The number of hydrogen-bond donors (Lipinski definition) is 1. The Bertz CT molecular complexity index is 612. The molecule has 0 aliphatic rings. The van der Waals surface area contributed by atoms with Gasteiger partial charge in [0.25, 0.3) is 0 Å². The molecule has 104 valence electrons. The largest absolute Gasteiger partial charge is 0.455 e. The van der Waals surface area contributed by atoms with Crippen LogP contribution in [0.5, 0.6) is 11.5 Å². The molecule has 0 saturated carbocycles. The molecule has 0 aliphatic carbocycles. The number of halogens is 2. The molecule has 1 amide bonds. The Morgan fingerprint density at radius 3 is 2.55 bits per heavy atom. The molecule has 0 unspecified atom stereocenters. The molecular weight excluding hydrogens is 297 g/mol. The van der Waals surface area contributed by atoms with Crippen molar-refractivity contribution in [2.45, 2.75) is 6.92 Å². The number of anilines is 1. The first-order valence-corrected chi connectivity index (χ1v) is 6.89. The second-order valence-electron chi connectivity index (χ2n) is 4.24. The predicted molar refractivity (Wildman–Crippen MR) is 82.1 cm³/mol. The highest BCUT2D eigenvalue weighted by Crippen LogP contribution is 2.32. The van der Waals surface area contributed by atoms with Gasteiger partial charge in [-0.15, -0.1) is 11.6 Å². The number of benzene rings is 2. The van der Waals surface area contributed by atoms with E-state index in [-0.39, 0.29) is 11.8 Å². The molecule has 2 aromatic rings. The first-order valence-electron chi connectivity index (χ1n) is 5.98. The zero-order valence-corrected chi connectivity index (χ0v) is 12.3. The van der Waals surface area contributed by atoms with Crippen LogP contribution in [0.1, 0.15) is 5.56 Å². The number of carbonyl (C=O) groups excluding carboxylic acids is 1. The Kier molecular flexibility index (Phi) is 4.88. The second kappa shape index (κ2) is 6.64. The van der Waals surface area contributed by atoms with Gasteiger partial charge in [-0.2, -0.15) is 0 Å². The summed E-state index contributed by atoms with van der Waals surface area (Å²) in [6.07, 6.45) is 0. The number of aryl methyl sites for hydroxylation is 1. The maximum absolute atomic E-state index is 11.4. The summed E-state index contributed by atoms with van der Waals surface area (Å²) in [5.74, 6) is 0.745. The Hall–Kier alpha value is -1.71. The number of rotatable bonds is 4. The molecule has 20 heavy (non-hydrogen) atoms. The summed E-state index contributed by atoms with van der Waals surface area (Å²) in [7, 11) is 0. The van der Waals surface area contributed by atoms with Crippen molar-refractivity contribution in [1.29, 1.82) is 0 Å². The van der Waals surface area contributed by atoms with Crippen LogP contribution in [0.3, 0.4) is 0 Å². The SMILES string of the molecule is Cc1ccc(Oc2ccc(Cl)cc2NC(=O)CCl)cc1. The summed E-state index contributed by atoms with van der Waals surface area (Å²) in [6.45, 7) is 2.00. The third kappa shape index (κ3) is 3.89. The van der Waals surface area contributed by atoms with Gasteiger partial charge in [0.15, 0.2) is 5.75 Å². The van der Waals surface area contributed by atoms with Gasteiger partial charge in [-0.25, -0.2) is 0 Å². The van der Waals surface area contributed by atoms with E-state index in [1.54, 1.807) is 18.2 Å². The number of carbonyl (C=O) groups is 1. The van der Waals surface area contributed by atoms with E-state index in [0.29, 0.717) is 22.2 Å². The van der Waals surface area contributed by atoms with E-state index in [4.69, 9.17) is 27.9 Å². The van der Waals surface area contributed by atoms with Gasteiger partial charge in [-0.1, -0.05) is 29.3 Å². The number of nitrogens with one attached hydrogen (secondary N) is 1. The van der Waals surface area contributed by atoms with Gasteiger partial charge < -0.3 is 10.1 Å². The van der Waals surface area contributed by atoms with Crippen LogP contribution >= 0.6 is 23.2 Å². The fraction of sp³-hybridized carbons (Fsp3) is 0.133. The molecule has 0 heterocycles. The van der Waals surface area contributed by atoms with E-state index in [1.807, 2.05) is 31.2 Å². The Morgan fingerprint density at radius 1 is 1.20 bits per heavy atom. The molecule has 0 aromatic heterocycles. The van der Waals surface area contributed by atoms with E-state index in [9.17, 15) is 4.79 Å². The fourth-order valence-corrected chi connectivity index (χ4v) is 1.84. The van der Waals surface area contributed by atoms with Crippen LogP contribution in [-0.4, -0.2) is 11.8 Å². The minimum atomic E-state index is -0.317. The van der Waals surface area contributed by atoms with Crippen LogP contribution < -0.4 is 10.1 Å². The van der Waals surface area contributed by atoms with Crippen LogP contribution in [0.25, 0.3) is 0 Å². The maximum Gasteiger partial charge on any atom is 0.239 e. The van der Waals surface area contributed by atoms with Crippen molar-refractivity contribution in [3.05, 3.63) is 53.1 Å². The van der Waals surface area contributed by atoms with Crippen LogP contribution in [0.2, 0.25) is 5.02 Å². The van der Waals surface area contributed by atoms with Gasteiger partial charge in [-0.3, -0.25) is 4.79 Å². The standard InChI is InChI=1S/C15H13Cl2NO2/c1-10-2-5-12(6-3-10)20-14-7-4-11(17)8-13(14)18-15(19)9-16/h2-8H,9H2,1H3,(H,18,19). The monoisotopic (exact) mass is 309 g/mol. The van der Waals surface area contributed by atoms with Crippen molar-refractivity contribution < 1.29 is 9.53 Å².